The summed E-state index contributed by atoms with van der Waals surface area (Å²) in [7, 11) is 0. The van der Waals surface area contributed by atoms with Crippen LogP contribution in [0, 0.1) is 0 Å². The Balaban J connectivity index is 4.91. The van der Waals surface area contributed by atoms with Gasteiger partial charge in [0.15, 0.2) is 0 Å². The summed E-state index contributed by atoms with van der Waals surface area (Å²) in [4.78, 5) is 39.4. The fourth-order valence-corrected chi connectivity index (χ4v) is 9.90. The molecule has 7 nitrogen and oxygen atoms in total. The number of hydrogen-bond acceptors (Lipinski definition) is 7. The molecule has 53 heavy (non-hydrogen) atoms. The van der Waals surface area contributed by atoms with Gasteiger partial charge in [-0.15, -0.1) is 0 Å². The molecule has 0 bridgehead atoms. The average molecular weight is 789 g/mol. The summed E-state index contributed by atoms with van der Waals surface area (Å²) in [6, 6.07) is 0. The molecule has 0 N–H and O–H groups in total. The van der Waals surface area contributed by atoms with Crippen LogP contribution in [0.25, 0.3) is 0 Å². The molecule has 0 fully saturated rings. The van der Waals surface area contributed by atoms with Crippen molar-refractivity contribution in [3.05, 3.63) is 0 Å². The average Bonchev–Trinajstić information content (AvgIpc) is 3.11. The van der Waals surface area contributed by atoms with Crippen molar-refractivity contribution >= 4 is 17.9 Å². The van der Waals surface area contributed by atoms with E-state index in [0.29, 0.717) is 19.3 Å². The molecule has 0 aromatic heterocycles. The first-order valence-electron chi connectivity index (χ1n) is 23.1. The van der Waals surface area contributed by atoms with Crippen LogP contribution in [0.4, 0.5) is 0 Å². The van der Waals surface area contributed by atoms with Crippen molar-refractivity contribution in [2.75, 3.05) is 0 Å². The van der Waals surface area contributed by atoms with E-state index >= 15 is 0 Å². The summed E-state index contributed by atoms with van der Waals surface area (Å²) in [5.74, 6) is -1.52. The Morgan fingerprint density at radius 3 is 0.717 bits per heavy atom. The number of carbonyl (C=O) groups excluding carboxylic acids is 3. The number of carbonyl (C=O) groups is 3. The van der Waals surface area contributed by atoms with Crippen LogP contribution >= 0.6 is 0 Å². The van der Waals surface area contributed by atoms with Gasteiger partial charge in [0.05, 0.1) is 0 Å². The van der Waals surface area contributed by atoms with E-state index in [9.17, 15) is 14.4 Å². The second-order valence-corrected chi connectivity index (χ2v) is 18.8. The van der Waals surface area contributed by atoms with Crippen molar-refractivity contribution in [3.63, 3.8) is 0 Å². The molecule has 0 amide bonds. The Morgan fingerprint density at radius 2 is 0.528 bits per heavy atom. The van der Waals surface area contributed by atoms with E-state index < -0.39 is 42.2 Å². The van der Waals surface area contributed by atoms with Gasteiger partial charge in [0, 0.05) is 0 Å². The maximum absolute atomic E-state index is 13.1. The van der Waals surface area contributed by atoms with Gasteiger partial charge in [-0.25, -0.2) is 0 Å². The second-order valence-electron chi connectivity index (χ2n) is 15.9. The first-order valence-corrected chi connectivity index (χ1v) is 25.7. The predicted octanol–water partition coefficient (Wildman–Crippen LogP) is 15.0. The van der Waals surface area contributed by atoms with Gasteiger partial charge in [-0.05, 0) is 0 Å². The van der Waals surface area contributed by atoms with Crippen molar-refractivity contribution in [1.29, 1.82) is 0 Å². The Kier molecular flexibility index (Phi) is 38.6. The predicted molar refractivity (Wildman–Crippen MR) is 218 cm³/mol. The molecule has 0 rings (SSSR count). The number of hydrogen-bond donors (Lipinski definition) is 0. The van der Waals surface area contributed by atoms with E-state index in [2.05, 4.69) is 20.8 Å². The normalized spacial score (nSPS) is 11.7. The van der Waals surface area contributed by atoms with Gasteiger partial charge in [0.2, 0.25) is 0 Å². The van der Waals surface area contributed by atoms with Gasteiger partial charge in [0.1, 0.15) is 0 Å². The molecule has 0 saturated heterocycles. The van der Waals surface area contributed by atoms with E-state index in [0.717, 1.165) is 38.5 Å². The molecular formula is C45H88O7Ti. The third kappa shape index (κ3) is 36.5. The van der Waals surface area contributed by atoms with E-state index in [4.69, 9.17) is 13.3 Å². The van der Waals surface area contributed by atoms with Crippen LogP contribution in [0.15, 0.2) is 0 Å². The fourth-order valence-electron chi connectivity index (χ4n) is 6.80. The number of unbranched alkanes of at least 4 members (excludes halogenated alkanes) is 30. The minimum absolute atomic E-state index is 0.192. The van der Waals surface area contributed by atoms with E-state index in [-0.39, 0.29) is 19.3 Å². The molecular weight excluding hydrogens is 700 g/mol. The molecule has 0 saturated carbocycles. The molecule has 0 aromatic rings. The van der Waals surface area contributed by atoms with Crippen LogP contribution in [-0.2, 0) is 45.8 Å². The standard InChI is InChI=1S/3C14H28O2.C3H7O.Ti/c3*1-2-3-4-5-6-7-8-9-10-11-12-13-14(15)16;1-3(2)4;/h3*2-13H2,1H3,(H,15,16);3H,1-2H3;/q;;;-1;+4/p-3. The van der Waals surface area contributed by atoms with Crippen LogP contribution in [-0.4, -0.2) is 24.0 Å². The minimum atomic E-state index is -5.06. The van der Waals surface area contributed by atoms with Crippen LogP contribution in [0.5, 0.6) is 0 Å². The zero-order valence-corrected chi connectivity index (χ0v) is 37.5. The fraction of sp³-hybridized carbons (Fsp3) is 0.933. The van der Waals surface area contributed by atoms with Crippen LogP contribution in [0.1, 0.15) is 266 Å². The molecule has 0 atom stereocenters. The third-order valence-corrected chi connectivity index (χ3v) is 13.5. The van der Waals surface area contributed by atoms with Crippen molar-refractivity contribution < 1.29 is 45.8 Å². The van der Waals surface area contributed by atoms with Crippen molar-refractivity contribution in [2.45, 2.75) is 272 Å². The number of rotatable bonds is 41. The van der Waals surface area contributed by atoms with Gasteiger partial charge in [-0.1, -0.05) is 59.3 Å². The Hall–Kier alpha value is -0.916. The third-order valence-electron chi connectivity index (χ3n) is 10.0. The summed E-state index contributed by atoms with van der Waals surface area (Å²) in [6.07, 6.45) is 39.1. The first-order chi connectivity index (χ1) is 25.8. The molecule has 0 radical (unpaired) electrons. The maximum atomic E-state index is 13.1. The first kappa shape index (κ1) is 52.1. The zero-order valence-electron chi connectivity index (χ0n) is 35.9. The Labute approximate surface area is 334 Å². The summed E-state index contributed by atoms with van der Waals surface area (Å²) >= 11 is -5.06. The molecule has 0 aliphatic heterocycles. The molecule has 0 aromatic carbocycles. The Morgan fingerprint density at radius 1 is 0.340 bits per heavy atom. The zero-order chi connectivity index (χ0) is 39.1. The molecule has 0 spiro atoms. The second kappa shape index (κ2) is 39.3. The molecule has 314 valence electrons. The summed E-state index contributed by atoms with van der Waals surface area (Å²) in [5.41, 5.74) is 0. The quantitative estimate of drug-likeness (QED) is 0.0450. The van der Waals surface area contributed by atoms with E-state index in [1.807, 2.05) is 0 Å². The van der Waals surface area contributed by atoms with Gasteiger partial charge < -0.3 is 0 Å². The van der Waals surface area contributed by atoms with Gasteiger partial charge in [-0.3, -0.25) is 0 Å². The van der Waals surface area contributed by atoms with E-state index in [1.165, 1.54) is 154 Å². The van der Waals surface area contributed by atoms with Crippen molar-refractivity contribution in [1.82, 2.24) is 0 Å². The van der Waals surface area contributed by atoms with Crippen LogP contribution in [0.2, 0.25) is 0 Å². The molecule has 0 unspecified atom stereocenters. The Bertz CT molecular complexity index is 736. The molecule has 0 heterocycles. The summed E-state index contributed by atoms with van der Waals surface area (Å²) < 4.78 is 23.5. The molecule has 0 aliphatic carbocycles. The van der Waals surface area contributed by atoms with E-state index in [1.54, 1.807) is 13.8 Å². The molecule has 8 heteroatoms. The SMILES string of the molecule is CCCCCCCCCCCCCC(=O)[O][Ti]([O]C(=O)CCCCCCCCCCCCC)([O]C(=O)CCCCCCCCCCCCC)[O]C(C)C. The van der Waals surface area contributed by atoms with Gasteiger partial charge >= 0.3 is 276 Å². The summed E-state index contributed by atoms with van der Waals surface area (Å²) in [5, 5.41) is 0. The molecule has 0 aliphatic rings. The van der Waals surface area contributed by atoms with Crippen molar-refractivity contribution in [2.24, 2.45) is 0 Å². The van der Waals surface area contributed by atoms with Crippen LogP contribution < -0.4 is 0 Å². The van der Waals surface area contributed by atoms with Gasteiger partial charge in [-0.2, -0.15) is 0 Å². The summed E-state index contributed by atoms with van der Waals surface area (Å²) in [6.45, 7) is 10.3. The monoisotopic (exact) mass is 789 g/mol. The van der Waals surface area contributed by atoms with Crippen LogP contribution in [0.3, 0.4) is 0 Å². The topological polar surface area (TPSA) is 88.1 Å². The van der Waals surface area contributed by atoms with Crippen molar-refractivity contribution in [3.8, 4) is 0 Å². The van der Waals surface area contributed by atoms with Gasteiger partial charge in [0.25, 0.3) is 0 Å².